The Morgan fingerprint density at radius 1 is 1.27 bits per heavy atom. The van der Waals surface area contributed by atoms with Crippen LogP contribution in [-0.4, -0.2) is 78.9 Å². The van der Waals surface area contributed by atoms with E-state index >= 15 is 0 Å². The average Bonchev–Trinajstić information content (AvgIpc) is 3.06. The second-order valence-corrected chi connectivity index (χ2v) is 10.5. The van der Waals surface area contributed by atoms with Gasteiger partial charge in [-0.1, -0.05) is 39.0 Å². The standard InChI is InChI=1S/C14H25N3O3.C7H14.C2H4O.C2H6S/c1-10(19)15-12(9-18)7-11-8-14(16-13(11)20)3-5-17(2)6-4-14;1-7-5-3-2-4-6-7;1-2-3;1-3-2/h11-12,18H,3-9H2,1-2H3,(H,15,19)(H,16,20);7H,2-6H2,1H3;2H,1H3;1-2H3. The third kappa shape index (κ3) is 14.0. The molecule has 0 radical (unpaired) electrons. The lowest BCUT2D eigenvalue weighted by atomic mass is 9.82. The molecule has 1 aliphatic carbocycles. The number of hydrogen-bond donors (Lipinski definition) is 3. The number of nitrogens with one attached hydrogen (secondary N) is 2. The van der Waals surface area contributed by atoms with E-state index in [1.54, 1.807) is 11.8 Å². The molecule has 7 nitrogen and oxygen atoms in total. The number of hydrogen-bond acceptors (Lipinski definition) is 6. The fourth-order valence-corrected chi connectivity index (χ4v) is 4.66. The predicted octanol–water partition coefficient (Wildman–Crippen LogP) is 3.25. The maximum Gasteiger partial charge on any atom is 0.223 e. The van der Waals surface area contributed by atoms with Crippen molar-refractivity contribution in [2.75, 3.05) is 39.3 Å². The van der Waals surface area contributed by atoms with Crippen molar-refractivity contribution >= 4 is 29.9 Å². The zero-order valence-electron chi connectivity index (χ0n) is 21.8. The number of piperidine rings is 1. The molecule has 2 atom stereocenters. The summed E-state index contributed by atoms with van der Waals surface area (Å²) in [5.41, 5.74) is -0.0650. The summed E-state index contributed by atoms with van der Waals surface area (Å²) in [5.74, 6) is 0.825. The molecule has 3 aliphatic rings. The van der Waals surface area contributed by atoms with E-state index in [4.69, 9.17) is 4.79 Å². The smallest absolute Gasteiger partial charge is 0.223 e. The van der Waals surface area contributed by atoms with E-state index in [1.165, 1.54) is 46.0 Å². The fourth-order valence-electron chi connectivity index (χ4n) is 4.66. The van der Waals surface area contributed by atoms with E-state index in [0.717, 1.165) is 44.6 Å². The number of aliphatic hydroxyl groups excluding tert-OH is 1. The zero-order valence-corrected chi connectivity index (χ0v) is 22.6. The van der Waals surface area contributed by atoms with Crippen molar-refractivity contribution in [3.63, 3.8) is 0 Å². The van der Waals surface area contributed by atoms with Crippen LogP contribution in [0.3, 0.4) is 0 Å². The second kappa shape index (κ2) is 18.2. The zero-order chi connectivity index (χ0) is 25.3. The first-order valence-corrected chi connectivity index (χ1v) is 14.0. The topological polar surface area (TPSA) is 98.7 Å². The largest absolute Gasteiger partial charge is 0.394 e. The van der Waals surface area contributed by atoms with Gasteiger partial charge in [-0.05, 0) is 58.1 Å². The molecule has 1 saturated carbocycles. The van der Waals surface area contributed by atoms with E-state index in [9.17, 15) is 14.7 Å². The lowest BCUT2D eigenvalue weighted by molar-refractivity contribution is -0.124. The van der Waals surface area contributed by atoms with Gasteiger partial charge in [-0.15, -0.1) is 0 Å². The Kier molecular flexibility index (Phi) is 17.6. The number of aliphatic hydroxyl groups is 1. The summed E-state index contributed by atoms with van der Waals surface area (Å²) < 4.78 is 0. The maximum atomic E-state index is 12.1. The van der Waals surface area contributed by atoms with Crippen LogP contribution in [0.2, 0.25) is 0 Å². The first-order chi connectivity index (χ1) is 15.7. The van der Waals surface area contributed by atoms with E-state index in [0.29, 0.717) is 6.42 Å². The minimum absolute atomic E-state index is 0.0650. The molecule has 3 N–H and O–H groups in total. The molecule has 2 aliphatic heterocycles. The van der Waals surface area contributed by atoms with Crippen molar-refractivity contribution < 1.29 is 19.5 Å². The molecular weight excluding hydrogens is 438 g/mol. The van der Waals surface area contributed by atoms with Crippen molar-refractivity contribution in [1.29, 1.82) is 0 Å². The van der Waals surface area contributed by atoms with E-state index < -0.39 is 0 Å². The first-order valence-electron chi connectivity index (χ1n) is 12.3. The van der Waals surface area contributed by atoms with Gasteiger partial charge in [-0.25, -0.2) is 0 Å². The van der Waals surface area contributed by atoms with Gasteiger partial charge in [0.05, 0.1) is 12.6 Å². The molecule has 3 fully saturated rings. The Hall–Kier alpha value is -1.12. The fraction of sp³-hybridized carbons (Fsp3) is 0.880. The van der Waals surface area contributed by atoms with Gasteiger partial charge in [-0.3, -0.25) is 9.59 Å². The summed E-state index contributed by atoms with van der Waals surface area (Å²) in [5, 5.41) is 15.2. The van der Waals surface area contributed by atoms with Gasteiger partial charge in [0, 0.05) is 31.5 Å². The van der Waals surface area contributed by atoms with Crippen molar-refractivity contribution in [2.45, 2.75) is 90.1 Å². The minimum Gasteiger partial charge on any atom is -0.394 e. The highest BCUT2D eigenvalue weighted by atomic mass is 32.2. The lowest BCUT2D eigenvalue weighted by Gasteiger charge is -2.37. The molecule has 194 valence electrons. The van der Waals surface area contributed by atoms with Crippen LogP contribution in [0.15, 0.2) is 0 Å². The number of amides is 2. The van der Waals surface area contributed by atoms with Crippen LogP contribution in [0.25, 0.3) is 0 Å². The van der Waals surface area contributed by atoms with Crippen molar-refractivity contribution in [2.24, 2.45) is 11.8 Å². The predicted molar refractivity (Wildman–Crippen MR) is 138 cm³/mol. The van der Waals surface area contributed by atoms with Crippen LogP contribution in [-0.2, 0) is 14.4 Å². The first kappa shape index (κ1) is 31.9. The highest BCUT2D eigenvalue weighted by molar-refractivity contribution is 7.97. The van der Waals surface area contributed by atoms with Crippen LogP contribution in [0.5, 0.6) is 0 Å². The molecule has 0 aromatic carbocycles. The molecule has 2 unspecified atom stereocenters. The molecular formula is C25H49N3O4S. The highest BCUT2D eigenvalue weighted by Gasteiger charge is 2.45. The molecule has 2 heterocycles. The summed E-state index contributed by atoms with van der Waals surface area (Å²) in [4.78, 5) is 34.3. The SMILES string of the molecule is CC(=O)NC(CO)CC1CC2(CCN(C)CC2)NC1=O.CC1CCCCC1.CC=O.CSC. The number of likely N-dealkylation sites (tertiary alicyclic amines) is 1. The molecule has 0 bridgehead atoms. The summed E-state index contributed by atoms with van der Waals surface area (Å²) >= 11 is 1.75. The van der Waals surface area contributed by atoms with Crippen LogP contribution in [0.4, 0.5) is 0 Å². The van der Waals surface area contributed by atoms with Crippen LogP contribution in [0.1, 0.15) is 78.6 Å². The van der Waals surface area contributed by atoms with Gasteiger partial charge in [-0.2, -0.15) is 11.8 Å². The molecule has 2 amide bonds. The number of thioether (sulfide) groups is 1. The van der Waals surface area contributed by atoms with Gasteiger partial charge < -0.3 is 25.4 Å². The Morgan fingerprint density at radius 3 is 2.18 bits per heavy atom. The molecule has 1 spiro atoms. The molecule has 8 heteroatoms. The van der Waals surface area contributed by atoms with E-state index in [1.807, 2.05) is 12.5 Å². The van der Waals surface area contributed by atoms with Gasteiger partial charge in [0.15, 0.2) is 0 Å². The van der Waals surface area contributed by atoms with Gasteiger partial charge in [0.25, 0.3) is 0 Å². The number of nitrogens with zero attached hydrogens (tertiary/aromatic N) is 1. The normalized spacial score (nSPS) is 22.9. The molecule has 0 aromatic rings. The van der Waals surface area contributed by atoms with Crippen molar-refractivity contribution in [1.82, 2.24) is 15.5 Å². The van der Waals surface area contributed by atoms with Crippen LogP contribution < -0.4 is 10.6 Å². The van der Waals surface area contributed by atoms with Crippen LogP contribution in [0, 0.1) is 11.8 Å². The Labute approximate surface area is 206 Å². The summed E-state index contributed by atoms with van der Waals surface area (Å²) in [6.07, 6.45) is 15.6. The van der Waals surface area contributed by atoms with Gasteiger partial charge >= 0.3 is 0 Å². The average molecular weight is 488 g/mol. The monoisotopic (exact) mass is 487 g/mol. The number of aldehydes is 1. The number of rotatable bonds is 4. The van der Waals surface area contributed by atoms with Crippen LogP contribution >= 0.6 is 11.8 Å². The number of carbonyl (C=O) groups is 3. The van der Waals surface area contributed by atoms with Crippen molar-refractivity contribution in [3.05, 3.63) is 0 Å². The Morgan fingerprint density at radius 2 is 1.79 bits per heavy atom. The highest BCUT2D eigenvalue weighted by Crippen LogP contribution is 2.36. The summed E-state index contributed by atoms with van der Waals surface area (Å²) in [7, 11) is 2.10. The number of carbonyl (C=O) groups excluding carboxylic acids is 3. The Balaban J connectivity index is 0.000000646. The third-order valence-corrected chi connectivity index (χ3v) is 6.43. The third-order valence-electron chi connectivity index (χ3n) is 6.43. The molecule has 3 rings (SSSR count). The maximum absolute atomic E-state index is 12.1. The molecule has 2 saturated heterocycles. The summed E-state index contributed by atoms with van der Waals surface area (Å²) in [6, 6.07) is -0.329. The quantitative estimate of drug-likeness (QED) is 0.527. The van der Waals surface area contributed by atoms with E-state index in [2.05, 4.69) is 29.5 Å². The lowest BCUT2D eigenvalue weighted by Crippen LogP contribution is -2.49. The minimum atomic E-state index is -0.329. The van der Waals surface area contributed by atoms with Crippen molar-refractivity contribution in [3.8, 4) is 0 Å². The molecule has 33 heavy (non-hydrogen) atoms. The summed E-state index contributed by atoms with van der Waals surface area (Å²) in [6.45, 7) is 7.11. The molecule has 0 aromatic heterocycles. The van der Waals surface area contributed by atoms with Gasteiger partial charge in [0.1, 0.15) is 6.29 Å². The van der Waals surface area contributed by atoms with E-state index in [-0.39, 0.29) is 35.9 Å². The Bertz CT molecular complexity index is 548. The van der Waals surface area contributed by atoms with Gasteiger partial charge in [0.2, 0.25) is 11.8 Å². The second-order valence-electron chi connectivity index (χ2n) is 9.68.